The van der Waals surface area contributed by atoms with Gasteiger partial charge < -0.3 is 5.11 Å². The van der Waals surface area contributed by atoms with Gasteiger partial charge in [0.2, 0.25) is 5.95 Å². The highest BCUT2D eigenvalue weighted by Crippen LogP contribution is 2.03. The number of terminal acetylenes is 1. The fourth-order valence-electron chi connectivity index (χ4n) is 0.668. The normalized spacial score (nSPS) is 9.18. The van der Waals surface area contributed by atoms with Crippen molar-refractivity contribution in [2.75, 3.05) is 0 Å². The van der Waals surface area contributed by atoms with Crippen LogP contribution in [0.5, 0.6) is 0 Å². The van der Waals surface area contributed by atoms with E-state index in [1.165, 1.54) is 12.1 Å². The van der Waals surface area contributed by atoms with E-state index >= 15 is 0 Å². The first-order valence-corrected chi connectivity index (χ1v) is 3.01. The van der Waals surface area contributed by atoms with Crippen LogP contribution in [0.2, 0.25) is 0 Å². The molecular weight excluding hydrogens is 145 g/mol. The van der Waals surface area contributed by atoms with E-state index in [0.29, 0.717) is 0 Å². The first-order valence-electron chi connectivity index (χ1n) is 3.01. The molecule has 1 aromatic heterocycles. The Balaban J connectivity index is 3.12. The van der Waals surface area contributed by atoms with Gasteiger partial charge in [-0.05, 0) is 12.1 Å². The average molecular weight is 151 g/mol. The second-order valence-electron chi connectivity index (χ2n) is 1.94. The van der Waals surface area contributed by atoms with E-state index in [9.17, 15) is 4.39 Å². The van der Waals surface area contributed by atoms with E-state index in [1.807, 2.05) is 0 Å². The molecule has 2 nitrogen and oxygen atoms in total. The summed E-state index contributed by atoms with van der Waals surface area (Å²) in [4.78, 5) is 3.40. The van der Waals surface area contributed by atoms with Crippen molar-refractivity contribution in [3.8, 4) is 12.3 Å². The maximum atomic E-state index is 12.7. The van der Waals surface area contributed by atoms with Crippen molar-refractivity contribution in [3.63, 3.8) is 0 Å². The lowest BCUT2D eigenvalue weighted by Crippen LogP contribution is -1.94. The van der Waals surface area contributed by atoms with Gasteiger partial charge in [0.25, 0.3) is 0 Å². The highest BCUT2D eigenvalue weighted by molar-refractivity contribution is 5.31. The molecule has 1 aromatic rings. The van der Waals surface area contributed by atoms with Gasteiger partial charge in [-0.25, -0.2) is 4.98 Å². The third-order valence-electron chi connectivity index (χ3n) is 1.22. The molecule has 0 fully saturated rings. The minimum Gasteiger partial charge on any atom is -0.390 e. The van der Waals surface area contributed by atoms with Crippen molar-refractivity contribution in [1.29, 1.82) is 0 Å². The Labute approximate surface area is 63.7 Å². The number of hydrogen-bond acceptors (Lipinski definition) is 2. The molecule has 0 saturated heterocycles. The van der Waals surface area contributed by atoms with Crippen LogP contribution in [0.15, 0.2) is 12.1 Å². The van der Waals surface area contributed by atoms with Crippen LogP contribution in [0, 0.1) is 18.3 Å². The third-order valence-corrected chi connectivity index (χ3v) is 1.22. The van der Waals surface area contributed by atoms with Gasteiger partial charge in [-0.1, -0.05) is 5.92 Å². The molecular formula is C8H6FNO. The van der Waals surface area contributed by atoms with Crippen molar-refractivity contribution in [2.45, 2.75) is 6.61 Å². The number of nitrogens with zero attached hydrogens (tertiary/aromatic N) is 1. The lowest BCUT2D eigenvalue weighted by atomic mass is 10.2. The molecule has 0 spiro atoms. The van der Waals surface area contributed by atoms with Crippen LogP contribution >= 0.6 is 0 Å². The lowest BCUT2D eigenvalue weighted by Gasteiger charge is -1.96. The quantitative estimate of drug-likeness (QED) is 0.473. The van der Waals surface area contributed by atoms with Gasteiger partial charge >= 0.3 is 0 Å². The Kier molecular flexibility index (Phi) is 2.19. The summed E-state index contributed by atoms with van der Waals surface area (Å²) in [6.45, 7) is -0.276. The Morgan fingerprint density at radius 2 is 2.36 bits per heavy atom. The molecule has 0 radical (unpaired) electrons. The Morgan fingerprint density at radius 1 is 1.64 bits per heavy atom. The molecule has 0 unspecified atom stereocenters. The minimum absolute atomic E-state index is 0.113. The second-order valence-corrected chi connectivity index (χ2v) is 1.94. The molecule has 1 rings (SSSR count). The maximum Gasteiger partial charge on any atom is 0.228 e. The fourth-order valence-corrected chi connectivity index (χ4v) is 0.668. The molecule has 0 amide bonds. The highest BCUT2D eigenvalue weighted by atomic mass is 19.1. The maximum absolute atomic E-state index is 12.7. The van der Waals surface area contributed by atoms with Crippen molar-refractivity contribution >= 4 is 0 Å². The van der Waals surface area contributed by atoms with Gasteiger partial charge in [0, 0.05) is 0 Å². The van der Waals surface area contributed by atoms with Crippen LogP contribution in [-0.4, -0.2) is 10.1 Å². The van der Waals surface area contributed by atoms with E-state index in [0.717, 1.165) is 0 Å². The molecule has 1 N–H and O–H groups in total. The summed E-state index contributed by atoms with van der Waals surface area (Å²) < 4.78 is 12.7. The monoisotopic (exact) mass is 151 g/mol. The largest absolute Gasteiger partial charge is 0.390 e. The zero-order chi connectivity index (χ0) is 8.27. The van der Waals surface area contributed by atoms with Gasteiger partial charge in [0.15, 0.2) is 0 Å². The molecule has 0 aliphatic rings. The van der Waals surface area contributed by atoms with Crippen LogP contribution in [0.1, 0.15) is 11.3 Å². The second kappa shape index (κ2) is 3.13. The topological polar surface area (TPSA) is 33.1 Å². The number of rotatable bonds is 1. The number of aliphatic hydroxyl groups is 1. The Morgan fingerprint density at radius 3 is 2.82 bits per heavy atom. The summed E-state index contributed by atoms with van der Waals surface area (Å²) in [5, 5.41) is 8.54. The summed E-state index contributed by atoms with van der Waals surface area (Å²) in [7, 11) is 0. The number of aliphatic hydroxyl groups excluding tert-OH is 1. The molecule has 1 heterocycles. The SMILES string of the molecule is C#Cc1ccc(CO)nc1F. The molecule has 11 heavy (non-hydrogen) atoms. The molecule has 0 bridgehead atoms. The van der Waals surface area contributed by atoms with E-state index < -0.39 is 5.95 Å². The molecule has 56 valence electrons. The molecule has 0 aliphatic carbocycles. The zero-order valence-corrected chi connectivity index (χ0v) is 5.71. The zero-order valence-electron chi connectivity index (χ0n) is 5.71. The number of hydrogen-bond donors (Lipinski definition) is 1. The highest BCUT2D eigenvalue weighted by Gasteiger charge is 2.00. The number of pyridine rings is 1. The minimum atomic E-state index is -0.709. The Hall–Kier alpha value is -1.40. The van der Waals surface area contributed by atoms with E-state index in [2.05, 4.69) is 10.9 Å². The predicted molar refractivity (Wildman–Crippen MR) is 38.1 cm³/mol. The smallest absolute Gasteiger partial charge is 0.228 e. The van der Waals surface area contributed by atoms with Gasteiger partial charge in [0.05, 0.1) is 17.9 Å². The van der Waals surface area contributed by atoms with Crippen LogP contribution in [0.25, 0.3) is 0 Å². The lowest BCUT2D eigenvalue weighted by molar-refractivity contribution is 0.275. The predicted octanol–water partition coefficient (Wildman–Crippen LogP) is 0.694. The third kappa shape index (κ3) is 1.54. The van der Waals surface area contributed by atoms with Crippen LogP contribution < -0.4 is 0 Å². The van der Waals surface area contributed by atoms with Crippen LogP contribution in [0.3, 0.4) is 0 Å². The standard InChI is InChI=1S/C8H6FNO/c1-2-6-3-4-7(5-11)10-8(6)9/h1,3-4,11H,5H2. The van der Waals surface area contributed by atoms with Crippen molar-refractivity contribution in [1.82, 2.24) is 4.98 Å². The van der Waals surface area contributed by atoms with E-state index in [4.69, 9.17) is 11.5 Å². The van der Waals surface area contributed by atoms with Crippen molar-refractivity contribution in [3.05, 3.63) is 29.3 Å². The summed E-state index contributed by atoms with van der Waals surface area (Å²) in [5.41, 5.74) is 0.392. The van der Waals surface area contributed by atoms with Gasteiger partial charge in [0.1, 0.15) is 0 Å². The molecule has 0 aliphatic heterocycles. The van der Waals surface area contributed by atoms with Crippen LogP contribution in [-0.2, 0) is 6.61 Å². The molecule has 0 atom stereocenters. The molecule has 0 saturated carbocycles. The first-order chi connectivity index (χ1) is 5.27. The van der Waals surface area contributed by atoms with Crippen molar-refractivity contribution in [2.24, 2.45) is 0 Å². The van der Waals surface area contributed by atoms with Gasteiger partial charge in [-0.3, -0.25) is 0 Å². The molecule has 0 aromatic carbocycles. The first kappa shape index (κ1) is 7.70. The van der Waals surface area contributed by atoms with E-state index in [-0.39, 0.29) is 17.9 Å². The summed E-state index contributed by atoms with van der Waals surface area (Å²) in [5.74, 6) is 1.42. The average Bonchev–Trinajstić information content (AvgIpc) is 2.04. The van der Waals surface area contributed by atoms with Gasteiger partial charge in [-0.15, -0.1) is 6.42 Å². The summed E-state index contributed by atoms with van der Waals surface area (Å²) in [6, 6.07) is 2.90. The Bertz CT molecular complexity index is 303. The number of halogens is 1. The number of aromatic nitrogens is 1. The summed E-state index contributed by atoms with van der Waals surface area (Å²) >= 11 is 0. The van der Waals surface area contributed by atoms with Crippen LogP contribution in [0.4, 0.5) is 4.39 Å². The van der Waals surface area contributed by atoms with Crippen molar-refractivity contribution < 1.29 is 9.50 Å². The van der Waals surface area contributed by atoms with Gasteiger partial charge in [-0.2, -0.15) is 4.39 Å². The summed E-state index contributed by atoms with van der Waals surface area (Å²) in [6.07, 6.45) is 4.95. The fraction of sp³-hybridized carbons (Fsp3) is 0.125. The molecule has 3 heteroatoms. The van der Waals surface area contributed by atoms with E-state index in [1.54, 1.807) is 0 Å².